The number of pyridine rings is 1. The third-order valence-electron chi connectivity index (χ3n) is 4.89. The molecule has 0 atom stereocenters. The molecular weight excluding hydrogens is 378 g/mol. The maximum Gasteiger partial charge on any atom is 0.248 e. The number of carbonyl (C=O) groups excluding carboxylic acids is 1. The lowest BCUT2D eigenvalue weighted by Gasteiger charge is -2.36. The van der Waals surface area contributed by atoms with E-state index in [1.807, 2.05) is 53.5 Å². The summed E-state index contributed by atoms with van der Waals surface area (Å²) in [4.78, 5) is 25.9. The van der Waals surface area contributed by atoms with Gasteiger partial charge in [-0.2, -0.15) is 4.98 Å². The molecule has 0 saturated carbocycles. The molecule has 3 heterocycles. The maximum absolute atomic E-state index is 12.2. The summed E-state index contributed by atoms with van der Waals surface area (Å²) in [5.74, 6) is 1.66. The molecule has 1 fully saturated rings. The van der Waals surface area contributed by atoms with Crippen molar-refractivity contribution in [1.82, 2.24) is 25.3 Å². The van der Waals surface area contributed by atoms with Crippen molar-refractivity contribution in [2.24, 2.45) is 0 Å². The third kappa shape index (κ3) is 4.61. The molecule has 2 N–H and O–H groups in total. The molecule has 1 saturated heterocycles. The molecular formula is C22H25N7O. The van der Waals surface area contributed by atoms with Crippen LogP contribution in [-0.2, 0) is 6.54 Å². The minimum Gasteiger partial charge on any atom is -0.365 e. The van der Waals surface area contributed by atoms with E-state index in [4.69, 9.17) is 4.98 Å². The maximum atomic E-state index is 12.2. The van der Waals surface area contributed by atoms with Crippen LogP contribution >= 0.6 is 0 Å². The van der Waals surface area contributed by atoms with Crippen molar-refractivity contribution in [3.8, 4) is 0 Å². The Labute approximate surface area is 176 Å². The van der Waals surface area contributed by atoms with Crippen molar-refractivity contribution < 1.29 is 4.79 Å². The van der Waals surface area contributed by atoms with E-state index in [1.54, 1.807) is 12.4 Å². The van der Waals surface area contributed by atoms with Crippen LogP contribution < -0.4 is 15.6 Å². The molecule has 3 aromatic rings. The van der Waals surface area contributed by atoms with E-state index in [1.165, 1.54) is 6.92 Å². The first-order chi connectivity index (χ1) is 14.7. The number of carbonyl (C=O) groups is 1. The Morgan fingerprint density at radius 2 is 1.87 bits per heavy atom. The summed E-state index contributed by atoms with van der Waals surface area (Å²) in [5.41, 5.74) is 1.58. The summed E-state index contributed by atoms with van der Waals surface area (Å²) in [7, 11) is 0. The zero-order valence-electron chi connectivity index (χ0n) is 17.0. The first-order valence-electron chi connectivity index (χ1n) is 10.0. The van der Waals surface area contributed by atoms with Crippen molar-refractivity contribution in [2.75, 3.05) is 36.5 Å². The normalized spacial score (nSPS) is 14.3. The van der Waals surface area contributed by atoms with Crippen LogP contribution in [0.5, 0.6) is 0 Å². The summed E-state index contributed by atoms with van der Waals surface area (Å²) < 4.78 is 0. The largest absolute Gasteiger partial charge is 0.365 e. The molecule has 2 aromatic heterocycles. The van der Waals surface area contributed by atoms with Gasteiger partial charge in [0.1, 0.15) is 11.6 Å². The standard InChI is InChI=1S/C22H25N7O/c1-17(30)19-16-26-22(27-21(19)25-15-18-7-3-2-4-8-18)29(20-9-5-6-10-24-20)28-13-11-23-12-14-28/h2-10,16,23H,11-15H2,1H3,(H,25,26,27). The molecule has 0 aliphatic carbocycles. The first kappa shape index (κ1) is 19.9. The number of Topliss-reactive ketones (excluding diaryl/α,β-unsaturated/α-hetero) is 1. The van der Waals surface area contributed by atoms with Crippen LogP contribution in [0.2, 0.25) is 0 Å². The van der Waals surface area contributed by atoms with Crippen molar-refractivity contribution in [3.63, 3.8) is 0 Å². The molecule has 30 heavy (non-hydrogen) atoms. The summed E-state index contributed by atoms with van der Waals surface area (Å²) in [6, 6.07) is 15.8. The van der Waals surface area contributed by atoms with Gasteiger partial charge in [0.15, 0.2) is 5.78 Å². The van der Waals surface area contributed by atoms with E-state index in [0.717, 1.165) is 37.6 Å². The molecule has 0 amide bonds. The van der Waals surface area contributed by atoms with Gasteiger partial charge in [0.05, 0.1) is 5.56 Å². The molecule has 8 heteroatoms. The van der Waals surface area contributed by atoms with E-state index in [-0.39, 0.29) is 5.78 Å². The molecule has 1 aliphatic rings. The molecule has 8 nitrogen and oxygen atoms in total. The average Bonchev–Trinajstić information content (AvgIpc) is 2.80. The number of aromatic nitrogens is 3. The highest BCUT2D eigenvalue weighted by molar-refractivity contribution is 5.98. The predicted octanol–water partition coefficient (Wildman–Crippen LogP) is 2.64. The predicted molar refractivity (Wildman–Crippen MR) is 117 cm³/mol. The van der Waals surface area contributed by atoms with Crippen LogP contribution in [0, 0.1) is 0 Å². The Balaban J connectivity index is 1.69. The number of nitrogens with zero attached hydrogens (tertiary/aromatic N) is 5. The first-order valence-corrected chi connectivity index (χ1v) is 10.0. The van der Waals surface area contributed by atoms with Crippen LogP contribution in [0.4, 0.5) is 17.6 Å². The lowest BCUT2D eigenvalue weighted by Crippen LogP contribution is -2.51. The molecule has 0 bridgehead atoms. The molecule has 1 aromatic carbocycles. The summed E-state index contributed by atoms with van der Waals surface area (Å²) >= 11 is 0. The van der Waals surface area contributed by atoms with Gasteiger partial charge < -0.3 is 10.6 Å². The fourth-order valence-corrected chi connectivity index (χ4v) is 3.35. The highest BCUT2D eigenvalue weighted by atomic mass is 16.1. The fourth-order valence-electron chi connectivity index (χ4n) is 3.35. The average molecular weight is 403 g/mol. The Kier molecular flexibility index (Phi) is 6.26. The third-order valence-corrected chi connectivity index (χ3v) is 4.89. The van der Waals surface area contributed by atoms with Crippen molar-refractivity contribution >= 4 is 23.4 Å². The van der Waals surface area contributed by atoms with Gasteiger partial charge in [-0.1, -0.05) is 36.4 Å². The van der Waals surface area contributed by atoms with Crippen molar-refractivity contribution in [1.29, 1.82) is 0 Å². The van der Waals surface area contributed by atoms with Crippen LogP contribution in [-0.4, -0.2) is 51.9 Å². The topological polar surface area (TPSA) is 86.3 Å². The van der Waals surface area contributed by atoms with Crippen LogP contribution in [0.3, 0.4) is 0 Å². The number of nitrogens with one attached hydrogen (secondary N) is 2. The number of hydrogen-bond donors (Lipinski definition) is 2. The minimum atomic E-state index is -0.0799. The number of hydrogen-bond acceptors (Lipinski definition) is 8. The zero-order chi connectivity index (χ0) is 20.8. The minimum absolute atomic E-state index is 0.0799. The second-order valence-corrected chi connectivity index (χ2v) is 7.03. The second-order valence-electron chi connectivity index (χ2n) is 7.03. The van der Waals surface area contributed by atoms with Crippen molar-refractivity contribution in [3.05, 3.63) is 72.1 Å². The number of ketones is 1. The Hall–Kier alpha value is -3.36. The summed E-state index contributed by atoms with van der Waals surface area (Å²) in [6.07, 6.45) is 3.35. The molecule has 0 unspecified atom stereocenters. The molecule has 4 rings (SSSR count). The van der Waals surface area contributed by atoms with Gasteiger partial charge in [0.25, 0.3) is 0 Å². The lowest BCUT2D eigenvalue weighted by molar-refractivity contribution is 0.101. The molecule has 0 spiro atoms. The van der Waals surface area contributed by atoms with Gasteiger partial charge in [0, 0.05) is 45.1 Å². The highest BCUT2D eigenvalue weighted by Gasteiger charge is 2.25. The van der Waals surface area contributed by atoms with E-state index in [2.05, 4.69) is 25.6 Å². The second kappa shape index (κ2) is 9.43. The number of piperazine rings is 1. The van der Waals surface area contributed by atoms with E-state index < -0.39 is 0 Å². The van der Waals surface area contributed by atoms with E-state index in [9.17, 15) is 4.79 Å². The van der Waals surface area contributed by atoms with E-state index >= 15 is 0 Å². The van der Waals surface area contributed by atoms with Crippen molar-refractivity contribution in [2.45, 2.75) is 13.5 Å². The monoisotopic (exact) mass is 403 g/mol. The molecule has 154 valence electrons. The van der Waals surface area contributed by atoms with Gasteiger partial charge in [-0.15, -0.1) is 0 Å². The number of rotatable bonds is 7. The van der Waals surface area contributed by atoms with Gasteiger partial charge in [-0.3, -0.25) is 4.79 Å². The molecule has 1 aliphatic heterocycles. The fraction of sp³-hybridized carbons (Fsp3) is 0.273. The Bertz CT molecular complexity index is 975. The smallest absolute Gasteiger partial charge is 0.248 e. The molecule has 0 radical (unpaired) electrons. The van der Waals surface area contributed by atoms with Gasteiger partial charge >= 0.3 is 0 Å². The summed E-state index contributed by atoms with van der Waals surface area (Å²) in [5, 5.41) is 10.8. The lowest BCUT2D eigenvalue weighted by atomic mass is 10.2. The van der Waals surface area contributed by atoms with Crippen LogP contribution in [0.25, 0.3) is 0 Å². The Morgan fingerprint density at radius 3 is 2.57 bits per heavy atom. The number of hydrazine groups is 1. The number of anilines is 3. The SMILES string of the molecule is CC(=O)c1cnc(N(c2ccccn2)N2CCNCC2)nc1NCc1ccccc1. The van der Waals surface area contributed by atoms with E-state index in [0.29, 0.717) is 23.9 Å². The zero-order valence-corrected chi connectivity index (χ0v) is 17.0. The quantitative estimate of drug-likeness (QED) is 0.583. The van der Waals surface area contributed by atoms with Gasteiger partial charge in [-0.25, -0.2) is 20.0 Å². The Morgan fingerprint density at radius 1 is 1.10 bits per heavy atom. The van der Waals surface area contributed by atoms with Crippen LogP contribution in [0.1, 0.15) is 22.8 Å². The highest BCUT2D eigenvalue weighted by Crippen LogP contribution is 2.25. The van der Waals surface area contributed by atoms with Gasteiger partial charge in [-0.05, 0) is 24.6 Å². The number of benzene rings is 1. The van der Waals surface area contributed by atoms with Crippen LogP contribution in [0.15, 0.2) is 60.9 Å². The summed E-state index contributed by atoms with van der Waals surface area (Å²) in [6.45, 7) is 5.44. The van der Waals surface area contributed by atoms with Gasteiger partial charge in [0.2, 0.25) is 5.95 Å².